The summed E-state index contributed by atoms with van der Waals surface area (Å²) >= 11 is 0. The SMILES string of the molecule is COc1cccc(C=C2C(=O)NC(=O)NC2=O)c1OCc1ccccc1. The van der Waals surface area contributed by atoms with Gasteiger partial charge in [-0.05, 0) is 17.7 Å². The molecule has 1 aliphatic rings. The van der Waals surface area contributed by atoms with Gasteiger partial charge >= 0.3 is 6.03 Å². The van der Waals surface area contributed by atoms with Crippen molar-refractivity contribution in [2.75, 3.05) is 7.11 Å². The number of para-hydroxylation sites is 1. The predicted octanol–water partition coefficient (Wildman–Crippen LogP) is 2.02. The Hall–Kier alpha value is -3.61. The van der Waals surface area contributed by atoms with Crippen LogP contribution >= 0.6 is 0 Å². The Labute approximate surface area is 149 Å². The molecule has 26 heavy (non-hydrogen) atoms. The lowest BCUT2D eigenvalue weighted by molar-refractivity contribution is -0.123. The van der Waals surface area contributed by atoms with Crippen molar-refractivity contribution in [3.05, 3.63) is 65.2 Å². The van der Waals surface area contributed by atoms with Gasteiger partial charge in [-0.25, -0.2) is 4.79 Å². The van der Waals surface area contributed by atoms with Crippen LogP contribution in [0.3, 0.4) is 0 Å². The molecule has 1 fully saturated rings. The van der Waals surface area contributed by atoms with E-state index >= 15 is 0 Å². The molecule has 0 radical (unpaired) electrons. The van der Waals surface area contributed by atoms with Gasteiger partial charge < -0.3 is 9.47 Å². The average Bonchev–Trinajstić information content (AvgIpc) is 2.64. The molecule has 132 valence electrons. The topological polar surface area (TPSA) is 93.7 Å². The number of barbiturate groups is 1. The fraction of sp³-hybridized carbons (Fsp3) is 0.105. The average molecular weight is 352 g/mol. The van der Waals surface area contributed by atoms with Gasteiger partial charge in [0.05, 0.1) is 7.11 Å². The van der Waals surface area contributed by atoms with Crippen molar-refractivity contribution in [1.82, 2.24) is 10.6 Å². The van der Waals surface area contributed by atoms with E-state index in [0.717, 1.165) is 5.56 Å². The summed E-state index contributed by atoms with van der Waals surface area (Å²) < 4.78 is 11.2. The monoisotopic (exact) mass is 352 g/mol. The molecule has 7 heteroatoms. The third kappa shape index (κ3) is 3.72. The van der Waals surface area contributed by atoms with Crippen LogP contribution in [0.5, 0.6) is 11.5 Å². The molecule has 2 aromatic carbocycles. The molecule has 1 aliphatic heterocycles. The molecule has 4 amide bonds. The van der Waals surface area contributed by atoms with Crippen molar-refractivity contribution in [2.45, 2.75) is 6.61 Å². The van der Waals surface area contributed by atoms with Gasteiger partial charge in [-0.1, -0.05) is 42.5 Å². The van der Waals surface area contributed by atoms with E-state index in [9.17, 15) is 14.4 Å². The maximum Gasteiger partial charge on any atom is 0.328 e. The van der Waals surface area contributed by atoms with Crippen LogP contribution in [0.1, 0.15) is 11.1 Å². The maximum absolute atomic E-state index is 11.9. The second-order valence-electron chi connectivity index (χ2n) is 5.45. The third-order valence-electron chi connectivity index (χ3n) is 3.70. The normalized spacial score (nSPS) is 13.7. The molecule has 0 saturated carbocycles. The number of benzene rings is 2. The highest BCUT2D eigenvalue weighted by atomic mass is 16.5. The number of imide groups is 2. The van der Waals surface area contributed by atoms with Gasteiger partial charge in [0.1, 0.15) is 12.2 Å². The highest BCUT2D eigenvalue weighted by Crippen LogP contribution is 2.33. The lowest BCUT2D eigenvalue weighted by atomic mass is 10.1. The number of nitrogens with one attached hydrogen (secondary N) is 2. The van der Waals surface area contributed by atoms with Crippen molar-refractivity contribution >= 4 is 23.9 Å². The molecule has 1 saturated heterocycles. The summed E-state index contributed by atoms with van der Waals surface area (Å²) in [5, 5.41) is 4.07. The van der Waals surface area contributed by atoms with Gasteiger partial charge in [0, 0.05) is 5.56 Å². The van der Waals surface area contributed by atoms with E-state index in [1.165, 1.54) is 13.2 Å². The largest absolute Gasteiger partial charge is 0.493 e. The van der Waals surface area contributed by atoms with Crippen molar-refractivity contribution in [3.8, 4) is 11.5 Å². The molecule has 0 aromatic heterocycles. The Bertz CT molecular complexity index is 868. The molecule has 0 spiro atoms. The molecule has 7 nitrogen and oxygen atoms in total. The third-order valence-corrected chi connectivity index (χ3v) is 3.70. The minimum atomic E-state index is -0.844. The number of hydrogen-bond donors (Lipinski definition) is 2. The highest BCUT2D eigenvalue weighted by molar-refractivity contribution is 6.31. The Kier molecular flexibility index (Phi) is 4.98. The summed E-state index contributed by atoms with van der Waals surface area (Å²) in [6.45, 7) is 0.286. The number of ether oxygens (including phenoxy) is 2. The van der Waals surface area contributed by atoms with Crippen molar-refractivity contribution in [2.24, 2.45) is 0 Å². The summed E-state index contributed by atoms with van der Waals surface area (Å²) in [5.41, 5.74) is 1.24. The Balaban J connectivity index is 1.94. The number of amides is 4. The molecule has 2 N–H and O–H groups in total. The van der Waals surface area contributed by atoms with Gasteiger partial charge in [0.25, 0.3) is 11.8 Å². The summed E-state index contributed by atoms with van der Waals surface area (Å²) in [6.07, 6.45) is 1.36. The molecule has 0 bridgehead atoms. The van der Waals surface area contributed by atoms with E-state index in [2.05, 4.69) is 0 Å². The quantitative estimate of drug-likeness (QED) is 0.634. The van der Waals surface area contributed by atoms with E-state index in [1.54, 1.807) is 18.2 Å². The van der Waals surface area contributed by atoms with E-state index in [4.69, 9.17) is 9.47 Å². The second-order valence-corrected chi connectivity index (χ2v) is 5.45. The lowest BCUT2D eigenvalue weighted by Crippen LogP contribution is -2.51. The first-order valence-corrected chi connectivity index (χ1v) is 7.80. The van der Waals surface area contributed by atoms with Crippen LogP contribution in [-0.2, 0) is 16.2 Å². The molecule has 0 atom stereocenters. The first-order chi connectivity index (χ1) is 12.6. The minimum Gasteiger partial charge on any atom is -0.493 e. The molecule has 0 aliphatic carbocycles. The zero-order chi connectivity index (χ0) is 18.5. The van der Waals surface area contributed by atoms with Crippen LogP contribution in [0.15, 0.2) is 54.1 Å². The van der Waals surface area contributed by atoms with Crippen LogP contribution in [0.25, 0.3) is 6.08 Å². The summed E-state index contributed by atoms with van der Waals surface area (Å²) in [4.78, 5) is 35.0. The van der Waals surface area contributed by atoms with Crippen molar-refractivity contribution in [3.63, 3.8) is 0 Å². The van der Waals surface area contributed by atoms with Gasteiger partial charge in [0.15, 0.2) is 11.5 Å². The zero-order valence-corrected chi connectivity index (χ0v) is 13.9. The minimum absolute atomic E-state index is 0.192. The van der Waals surface area contributed by atoms with E-state index in [0.29, 0.717) is 17.1 Å². The number of hydrogen-bond acceptors (Lipinski definition) is 5. The first kappa shape index (κ1) is 17.2. The summed E-state index contributed by atoms with van der Waals surface area (Å²) in [5.74, 6) is -0.682. The van der Waals surface area contributed by atoms with Crippen molar-refractivity contribution in [1.29, 1.82) is 0 Å². The number of carbonyl (C=O) groups excluding carboxylic acids is 3. The van der Waals surface area contributed by atoms with Crippen LogP contribution < -0.4 is 20.1 Å². The van der Waals surface area contributed by atoms with Crippen molar-refractivity contribution < 1.29 is 23.9 Å². The van der Waals surface area contributed by atoms with Gasteiger partial charge in [-0.3, -0.25) is 20.2 Å². The van der Waals surface area contributed by atoms with E-state index in [1.807, 2.05) is 41.0 Å². The number of carbonyl (C=O) groups is 3. The van der Waals surface area contributed by atoms with Crippen LogP contribution in [0.4, 0.5) is 4.79 Å². The Morgan fingerprint density at radius 2 is 1.62 bits per heavy atom. The van der Waals surface area contributed by atoms with Crippen LogP contribution in [0, 0.1) is 0 Å². The number of urea groups is 1. The van der Waals surface area contributed by atoms with Gasteiger partial charge in [-0.15, -0.1) is 0 Å². The number of rotatable bonds is 5. The highest BCUT2D eigenvalue weighted by Gasteiger charge is 2.28. The summed E-state index contributed by atoms with van der Waals surface area (Å²) in [6, 6.07) is 13.8. The standard InChI is InChI=1S/C19H16N2O5/c1-25-15-9-5-8-13(10-14-17(22)20-19(24)21-18(14)23)16(15)26-11-12-6-3-2-4-7-12/h2-10H,11H2,1H3,(H2,20,21,22,23,24). The van der Waals surface area contributed by atoms with E-state index < -0.39 is 17.8 Å². The van der Waals surface area contributed by atoms with E-state index in [-0.39, 0.29) is 12.2 Å². The maximum atomic E-state index is 11.9. The second kappa shape index (κ2) is 7.52. The smallest absolute Gasteiger partial charge is 0.328 e. The van der Waals surface area contributed by atoms with Gasteiger partial charge in [-0.2, -0.15) is 0 Å². The Morgan fingerprint density at radius 3 is 2.27 bits per heavy atom. The molecule has 1 heterocycles. The predicted molar refractivity (Wildman–Crippen MR) is 93.4 cm³/mol. The molecular weight excluding hydrogens is 336 g/mol. The van der Waals surface area contributed by atoms with Crippen LogP contribution in [0.2, 0.25) is 0 Å². The molecule has 3 rings (SSSR count). The lowest BCUT2D eigenvalue weighted by Gasteiger charge is -2.16. The Morgan fingerprint density at radius 1 is 0.923 bits per heavy atom. The fourth-order valence-electron chi connectivity index (χ4n) is 2.45. The zero-order valence-electron chi connectivity index (χ0n) is 13.9. The fourth-order valence-corrected chi connectivity index (χ4v) is 2.45. The first-order valence-electron chi connectivity index (χ1n) is 7.80. The van der Waals surface area contributed by atoms with Gasteiger partial charge in [0.2, 0.25) is 0 Å². The molecular formula is C19H16N2O5. The molecule has 0 unspecified atom stereocenters. The number of methoxy groups -OCH3 is 1. The summed E-state index contributed by atoms with van der Waals surface area (Å²) in [7, 11) is 1.50. The van der Waals surface area contributed by atoms with Crippen LogP contribution in [-0.4, -0.2) is 25.0 Å². The molecule has 2 aromatic rings.